The quantitative estimate of drug-likeness (QED) is 0.380. The second-order valence-electron chi connectivity index (χ2n) is 6.48. The lowest BCUT2D eigenvalue weighted by Crippen LogP contribution is -2.38. The Balaban J connectivity index is 2.33. The van der Waals surface area contributed by atoms with E-state index < -0.39 is 18.0 Å². The number of hydrogen-bond acceptors (Lipinski definition) is 8. The number of carbonyl (C=O) groups excluding carboxylic acids is 1. The third kappa shape index (κ3) is 7.22. The molecule has 1 amide bonds. The van der Waals surface area contributed by atoms with E-state index in [1.807, 2.05) is 13.8 Å². The van der Waals surface area contributed by atoms with Crippen LogP contribution in [-0.2, 0) is 9.59 Å². The van der Waals surface area contributed by atoms with Gasteiger partial charge in [-0.25, -0.2) is 0 Å². The van der Waals surface area contributed by atoms with Crippen molar-refractivity contribution >= 4 is 23.6 Å². The highest BCUT2D eigenvalue weighted by atomic mass is 32.1. The van der Waals surface area contributed by atoms with Gasteiger partial charge >= 0.3 is 5.97 Å². The number of aromatic nitrogens is 2. The van der Waals surface area contributed by atoms with Gasteiger partial charge in [0.2, 0.25) is 11.8 Å². The van der Waals surface area contributed by atoms with Crippen LogP contribution < -0.4 is 15.4 Å². The summed E-state index contributed by atoms with van der Waals surface area (Å²) in [5.41, 5.74) is 0.487. The molecule has 10 heteroatoms. The third-order valence-corrected chi connectivity index (χ3v) is 4.50. The molecule has 0 fully saturated rings. The van der Waals surface area contributed by atoms with Gasteiger partial charge in [-0.3, -0.25) is 9.59 Å². The van der Waals surface area contributed by atoms with Gasteiger partial charge in [0.15, 0.2) is 0 Å². The number of aliphatic hydroxyl groups is 1. The average Bonchev–Trinajstić information content (AvgIpc) is 3.06. The summed E-state index contributed by atoms with van der Waals surface area (Å²) < 4.78 is 13.7. The minimum Gasteiger partial charge on any atom is -0.481 e. The van der Waals surface area contributed by atoms with Crippen LogP contribution in [0.5, 0.6) is 5.88 Å². The number of carbonyl (C=O) groups is 2. The third-order valence-electron chi connectivity index (χ3n) is 3.97. The smallest absolute Gasteiger partial charge is 0.306 e. The van der Waals surface area contributed by atoms with Crippen LogP contribution in [-0.4, -0.2) is 63.2 Å². The monoisotopic (exact) mass is 388 g/mol. The summed E-state index contributed by atoms with van der Waals surface area (Å²) in [6.45, 7) is 8.33. The number of amides is 1. The molecule has 1 aromatic heterocycles. The first kappa shape index (κ1) is 22.3. The number of ether oxygens (including phenoxy) is 1. The van der Waals surface area contributed by atoms with Crippen LogP contribution in [0.2, 0.25) is 0 Å². The van der Waals surface area contributed by atoms with Crippen LogP contribution >= 0.6 is 11.7 Å². The number of hydrogen-bond donors (Lipinski definition) is 4. The predicted molar refractivity (Wildman–Crippen MR) is 97.3 cm³/mol. The number of carboxylic acids is 1. The van der Waals surface area contributed by atoms with Crippen molar-refractivity contribution in [3.63, 3.8) is 0 Å². The van der Waals surface area contributed by atoms with Crippen molar-refractivity contribution in [2.45, 2.75) is 39.7 Å². The zero-order valence-corrected chi connectivity index (χ0v) is 16.4. The molecule has 26 heavy (non-hydrogen) atoms. The van der Waals surface area contributed by atoms with Gasteiger partial charge in [0, 0.05) is 31.5 Å². The van der Waals surface area contributed by atoms with Crippen LogP contribution in [0.3, 0.4) is 0 Å². The summed E-state index contributed by atoms with van der Waals surface area (Å²) in [5, 5.41) is 24.9. The number of aliphatic hydroxyl groups excluding tert-OH is 1. The molecule has 0 saturated carbocycles. The highest BCUT2D eigenvalue weighted by Gasteiger charge is 2.27. The molecular formula is C16H28N4O5S. The molecule has 0 bridgehead atoms. The van der Waals surface area contributed by atoms with Crippen molar-refractivity contribution < 1.29 is 24.5 Å². The number of aliphatic carboxylic acids is 1. The van der Waals surface area contributed by atoms with E-state index in [1.165, 1.54) is 0 Å². The van der Waals surface area contributed by atoms with Crippen molar-refractivity contribution in [3.8, 4) is 5.88 Å². The molecule has 148 valence electrons. The van der Waals surface area contributed by atoms with Crippen LogP contribution in [0, 0.1) is 11.8 Å². The lowest BCUT2D eigenvalue weighted by atomic mass is 9.93. The standard InChI is InChI=1S/C16H28N4O5S/c1-9(2)14(22)18-6-5-17-7-12(21)8-25-15-13(19-26-20-15)10(3)11(4)16(23)24/h9-12,17,21H,5-8H2,1-4H3,(H,18,22)(H,23,24). The molecule has 1 aromatic rings. The van der Waals surface area contributed by atoms with Crippen molar-refractivity contribution in [2.24, 2.45) is 11.8 Å². The van der Waals surface area contributed by atoms with Crippen LogP contribution in [0.1, 0.15) is 39.3 Å². The maximum Gasteiger partial charge on any atom is 0.306 e. The molecule has 0 aliphatic heterocycles. The van der Waals surface area contributed by atoms with E-state index in [1.54, 1.807) is 13.8 Å². The molecule has 0 spiro atoms. The second kappa shape index (κ2) is 11.0. The van der Waals surface area contributed by atoms with Gasteiger partial charge in [-0.2, -0.15) is 4.37 Å². The molecule has 1 rings (SSSR count). The Hall–Kier alpha value is -1.78. The van der Waals surface area contributed by atoms with Crippen molar-refractivity contribution in [2.75, 3.05) is 26.2 Å². The molecule has 0 saturated heterocycles. The molecule has 4 N–H and O–H groups in total. The van der Waals surface area contributed by atoms with E-state index >= 15 is 0 Å². The van der Waals surface area contributed by atoms with Crippen LogP contribution in [0.25, 0.3) is 0 Å². The van der Waals surface area contributed by atoms with Crippen molar-refractivity contribution in [1.29, 1.82) is 0 Å². The summed E-state index contributed by atoms with van der Waals surface area (Å²) in [4.78, 5) is 22.5. The van der Waals surface area contributed by atoms with Gasteiger partial charge in [-0.15, -0.1) is 4.37 Å². The first-order chi connectivity index (χ1) is 12.2. The zero-order chi connectivity index (χ0) is 19.7. The molecule has 0 aliphatic rings. The number of nitrogens with one attached hydrogen (secondary N) is 2. The molecule has 9 nitrogen and oxygen atoms in total. The molecule has 3 atom stereocenters. The van der Waals surface area contributed by atoms with E-state index in [9.17, 15) is 14.7 Å². The topological polar surface area (TPSA) is 134 Å². The first-order valence-electron chi connectivity index (χ1n) is 8.58. The summed E-state index contributed by atoms with van der Waals surface area (Å²) in [6.07, 6.45) is -0.766. The van der Waals surface area contributed by atoms with E-state index in [0.717, 1.165) is 11.7 Å². The Morgan fingerprint density at radius 3 is 2.50 bits per heavy atom. The van der Waals surface area contributed by atoms with Gasteiger partial charge < -0.3 is 25.6 Å². The van der Waals surface area contributed by atoms with E-state index in [-0.39, 0.29) is 30.2 Å². The predicted octanol–water partition coefficient (Wildman–Crippen LogP) is 0.464. The number of nitrogens with zero attached hydrogens (tertiary/aromatic N) is 2. The normalized spacial score (nSPS) is 14.7. The van der Waals surface area contributed by atoms with Crippen LogP contribution in [0.15, 0.2) is 0 Å². The fourth-order valence-electron chi connectivity index (χ4n) is 2.00. The highest BCUT2D eigenvalue weighted by Crippen LogP contribution is 2.30. The fraction of sp³-hybridized carbons (Fsp3) is 0.750. The minimum absolute atomic E-state index is 0.0102. The Bertz CT molecular complexity index is 581. The Kier molecular flexibility index (Phi) is 9.46. The van der Waals surface area contributed by atoms with Gasteiger partial charge in [-0.1, -0.05) is 27.7 Å². The molecule has 0 radical (unpaired) electrons. The molecular weight excluding hydrogens is 360 g/mol. The SMILES string of the molecule is CC(C)C(=O)NCCNCC(O)COc1nsnc1C(C)C(C)C(=O)O. The van der Waals surface area contributed by atoms with Gasteiger partial charge in [0.05, 0.1) is 17.6 Å². The fourth-order valence-corrected chi connectivity index (χ4v) is 2.59. The highest BCUT2D eigenvalue weighted by molar-refractivity contribution is 6.99. The average molecular weight is 388 g/mol. The minimum atomic E-state index is -0.912. The summed E-state index contributed by atoms with van der Waals surface area (Å²) in [7, 11) is 0. The summed E-state index contributed by atoms with van der Waals surface area (Å²) in [6, 6.07) is 0. The van der Waals surface area contributed by atoms with E-state index in [2.05, 4.69) is 19.4 Å². The first-order valence-corrected chi connectivity index (χ1v) is 9.31. The number of rotatable bonds is 12. The van der Waals surface area contributed by atoms with Gasteiger partial charge in [-0.05, 0) is 0 Å². The Morgan fingerprint density at radius 2 is 1.88 bits per heavy atom. The summed E-state index contributed by atoms with van der Waals surface area (Å²) >= 11 is 0.949. The zero-order valence-electron chi connectivity index (χ0n) is 15.6. The van der Waals surface area contributed by atoms with Gasteiger partial charge in [0.25, 0.3) is 0 Å². The molecule has 3 unspecified atom stereocenters. The lowest BCUT2D eigenvalue weighted by Gasteiger charge is -2.16. The Morgan fingerprint density at radius 1 is 1.19 bits per heavy atom. The maximum absolute atomic E-state index is 11.4. The number of carboxylic acid groups (broad SMARTS) is 1. The molecule has 0 aromatic carbocycles. The molecule has 0 aliphatic carbocycles. The van der Waals surface area contributed by atoms with Crippen LogP contribution in [0.4, 0.5) is 0 Å². The van der Waals surface area contributed by atoms with Crippen molar-refractivity contribution in [3.05, 3.63) is 5.69 Å². The summed E-state index contributed by atoms with van der Waals surface area (Å²) in [5.74, 6) is -1.68. The van der Waals surface area contributed by atoms with Crippen molar-refractivity contribution in [1.82, 2.24) is 19.4 Å². The largest absolute Gasteiger partial charge is 0.481 e. The lowest BCUT2D eigenvalue weighted by molar-refractivity contribution is -0.141. The van der Waals surface area contributed by atoms with Gasteiger partial charge in [0.1, 0.15) is 18.4 Å². The maximum atomic E-state index is 11.4. The second-order valence-corrected chi connectivity index (χ2v) is 7.01. The Labute approximate surface area is 157 Å². The van der Waals surface area contributed by atoms with E-state index in [0.29, 0.717) is 25.3 Å². The molecule has 1 heterocycles. The van der Waals surface area contributed by atoms with E-state index in [4.69, 9.17) is 9.84 Å².